The van der Waals surface area contributed by atoms with Crippen LogP contribution in [0.4, 0.5) is 5.69 Å². The molecule has 0 amide bonds. The van der Waals surface area contributed by atoms with E-state index in [4.69, 9.17) is 5.73 Å². The topological polar surface area (TPSA) is 69.2 Å². The Hall–Kier alpha value is -1.42. The minimum atomic E-state index is -0.373. The highest BCUT2D eigenvalue weighted by Crippen LogP contribution is 2.15. The van der Waals surface area contributed by atoms with Crippen LogP contribution in [0.15, 0.2) is 24.3 Å². The molecular weight excluding hydrogens is 228 g/mol. The van der Waals surface area contributed by atoms with Gasteiger partial charge in [-0.05, 0) is 37.2 Å². The molecule has 1 unspecified atom stereocenters. The second kappa shape index (κ2) is 7.11. The third-order valence-electron chi connectivity index (χ3n) is 2.96. The average Bonchev–Trinajstić information content (AvgIpc) is 2.28. The fourth-order valence-electron chi connectivity index (χ4n) is 2.08. The van der Waals surface area contributed by atoms with E-state index in [2.05, 4.69) is 13.8 Å². The number of non-ortho nitro benzene ring substituents is 1. The lowest BCUT2D eigenvalue weighted by molar-refractivity contribution is -0.384. The molecule has 0 fully saturated rings. The molecule has 0 saturated heterocycles. The fourth-order valence-corrected chi connectivity index (χ4v) is 2.08. The van der Waals surface area contributed by atoms with Crippen LogP contribution in [-0.4, -0.2) is 11.0 Å². The number of nitrogens with zero attached hydrogens (tertiary/aromatic N) is 1. The first-order valence-corrected chi connectivity index (χ1v) is 6.48. The van der Waals surface area contributed by atoms with Crippen LogP contribution in [-0.2, 0) is 6.42 Å². The number of nitro groups is 1. The summed E-state index contributed by atoms with van der Waals surface area (Å²) >= 11 is 0. The summed E-state index contributed by atoms with van der Waals surface area (Å²) in [6.45, 7) is 4.35. The number of benzene rings is 1. The lowest BCUT2D eigenvalue weighted by Gasteiger charge is -2.13. The van der Waals surface area contributed by atoms with Gasteiger partial charge < -0.3 is 5.73 Å². The van der Waals surface area contributed by atoms with E-state index in [-0.39, 0.29) is 16.7 Å². The summed E-state index contributed by atoms with van der Waals surface area (Å²) in [6.07, 6.45) is 4.03. The minimum absolute atomic E-state index is 0.148. The standard InChI is InChI=1S/C14H22N2O2/c1-11(2)10-13(15)5-3-4-12-6-8-14(9-7-12)16(17)18/h6-9,11,13H,3-5,10,15H2,1-2H3. The average molecular weight is 250 g/mol. The number of nitro benzene ring substituents is 1. The van der Waals surface area contributed by atoms with Crippen molar-refractivity contribution in [2.24, 2.45) is 11.7 Å². The predicted molar refractivity (Wildman–Crippen MR) is 73.5 cm³/mol. The Bertz CT molecular complexity index is 374. The zero-order valence-electron chi connectivity index (χ0n) is 11.1. The molecule has 0 radical (unpaired) electrons. The molecule has 0 bridgehead atoms. The molecule has 1 aromatic carbocycles. The lowest BCUT2D eigenvalue weighted by Crippen LogP contribution is -2.21. The van der Waals surface area contributed by atoms with Gasteiger partial charge in [-0.3, -0.25) is 10.1 Å². The number of nitrogens with two attached hydrogens (primary N) is 1. The maximum Gasteiger partial charge on any atom is 0.269 e. The Morgan fingerprint density at radius 1 is 1.28 bits per heavy atom. The van der Waals surface area contributed by atoms with Crippen molar-refractivity contribution >= 4 is 5.69 Å². The van der Waals surface area contributed by atoms with Crippen molar-refractivity contribution in [1.82, 2.24) is 0 Å². The zero-order chi connectivity index (χ0) is 13.5. The molecule has 1 atom stereocenters. The molecule has 100 valence electrons. The molecule has 4 heteroatoms. The van der Waals surface area contributed by atoms with Crippen molar-refractivity contribution in [2.75, 3.05) is 0 Å². The largest absolute Gasteiger partial charge is 0.328 e. The Balaban J connectivity index is 2.33. The van der Waals surface area contributed by atoms with E-state index in [1.807, 2.05) is 12.1 Å². The maximum absolute atomic E-state index is 10.5. The fraction of sp³-hybridized carbons (Fsp3) is 0.571. The van der Waals surface area contributed by atoms with Crippen molar-refractivity contribution in [2.45, 2.75) is 45.6 Å². The van der Waals surface area contributed by atoms with Crippen LogP contribution in [0.2, 0.25) is 0 Å². The van der Waals surface area contributed by atoms with Crippen molar-refractivity contribution in [3.05, 3.63) is 39.9 Å². The smallest absolute Gasteiger partial charge is 0.269 e. The van der Waals surface area contributed by atoms with Gasteiger partial charge in [-0.2, -0.15) is 0 Å². The van der Waals surface area contributed by atoms with Crippen molar-refractivity contribution < 1.29 is 4.92 Å². The molecule has 0 aliphatic heterocycles. The second-order valence-electron chi connectivity index (χ2n) is 5.21. The van der Waals surface area contributed by atoms with Gasteiger partial charge in [-0.1, -0.05) is 26.0 Å². The second-order valence-corrected chi connectivity index (χ2v) is 5.21. The van der Waals surface area contributed by atoms with E-state index in [0.717, 1.165) is 31.2 Å². The molecule has 18 heavy (non-hydrogen) atoms. The van der Waals surface area contributed by atoms with Gasteiger partial charge in [0.05, 0.1) is 4.92 Å². The van der Waals surface area contributed by atoms with E-state index in [9.17, 15) is 10.1 Å². The molecule has 0 aliphatic carbocycles. The molecule has 0 heterocycles. The summed E-state index contributed by atoms with van der Waals surface area (Å²) in [5.74, 6) is 0.638. The molecule has 1 rings (SSSR count). The molecule has 0 spiro atoms. The maximum atomic E-state index is 10.5. The first-order valence-electron chi connectivity index (χ1n) is 6.48. The summed E-state index contributed by atoms with van der Waals surface area (Å²) in [6, 6.07) is 7.04. The van der Waals surface area contributed by atoms with Crippen LogP contribution in [0.25, 0.3) is 0 Å². The number of hydrogen-bond acceptors (Lipinski definition) is 3. The molecule has 0 saturated carbocycles. The van der Waals surface area contributed by atoms with Crippen molar-refractivity contribution in [1.29, 1.82) is 0 Å². The predicted octanol–water partition coefficient (Wildman–Crippen LogP) is 3.29. The van der Waals surface area contributed by atoms with Gasteiger partial charge in [0.2, 0.25) is 0 Å². The van der Waals surface area contributed by atoms with Gasteiger partial charge in [0.15, 0.2) is 0 Å². The van der Waals surface area contributed by atoms with E-state index in [1.165, 1.54) is 0 Å². The van der Waals surface area contributed by atoms with E-state index in [1.54, 1.807) is 12.1 Å². The molecule has 1 aromatic rings. The highest BCUT2D eigenvalue weighted by Gasteiger charge is 2.06. The van der Waals surface area contributed by atoms with Gasteiger partial charge in [0.1, 0.15) is 0 Å². The SMILES string of the molecule is CC(C)CC(N)CCCc1ccc([N+](=O)[O-])cc1. The molecule has 0 aromatic heterocycles. The first-order chi connectivity index (χ1) is 8.49. The van der Waals surface area contributed by atoms with E-state index >= 15 is 0 Å². The van der Waals surface area contributed by atoms with Crippen LogP contribution >= 0.6 is 0 Å². The summed E-state index contributed by atoms with van der Waals surface area (Å²) in [5.41, 5.74) is 7.30. The van der Waals surface area contributed by atoms with Crippen LogP contribution in [0.1, 0.15) is 38.7 Å². The third-order valence-corrected chi connectivity index (χ3v) is 2.96. The summed E-state index contributed by atoms with van der Waals surface area (Å²) in [5, 5.41) is 10.5. The van der Waals surface area contributed by atoms with Crippen LogP contribution < -0.4 is 5.73 Å². The van der Waals surface area contributed by atoms with Gasteiger partial charge in [-0.15, -0.1) is 0 Å². The Kier molecular flexibility index (Phi) is 5.78. The normalized spacial score (nSPS) is 12.7. The Morgan fingerprint density at radius 2 is 1.89 bits per heavy atom. The number of hydrogen-bond donors (Lipinski definition) is 1. The van der Waals surface area contributed by atoms with Crippen LogP contribution in [0, 0.1) is 16.0 Å². The summed E-state index contributed by atoms with van der Waals surface area (Å²) in [7, 11) is 0. The van der Waals surface area contributed by atoms with Gasteiger partial charge in [-0.25, -0.2) is 0 Å². The highest BCUT2D eigenvalue weighted by molar-refractivity contribution is 5.32. The first kappa shape index (κ1) is 14.6. The molecular formula is C14H22N2O2. The van der Waals surface area contributed by atoms with Crippen LogP contribution in [0.5, 0.6) is 0 Å². The minimum Gasteiger partial charge on any atom is -0.328 e. The lowest BCUT2D eigenvalue weighted by atomic mass is 9.98. The highest BCUT2D eigenvalue weighted by atomic mass is 16.6. The number of aryl methyl sites for hydroxylation is 1. The summed E-state index contributed by atoms with van der Waals surface area (Å²) < 4.78 is 0. The van der Waals surface area contributed by atoms with Crippen molar-refractivity contribution in [3.63, 3.8) is 0 Å². The van der Waals surface area contributed by atoms with Gasteiger partial charge in [0, 0.05) is 18.2 Å². The molecule has 4 nitrogen and oxygen atoms in total. The van der Waals surface area contributed by atoms with Gasteiger partial charge >= 0.3 is 0 Å². The van der Waals surface area contributed by atoms with Crippen molar-refractivity contribution in [3.8, 4) is 0 Å². The Labute approximate surface area is 108 Å². The third kappa shape index (κ3) is 5.27. The van der Waals surface area contributed by atoms with Crippen LogP contribution in [0.3, 0.4) is 0 Å². The van der Waals surface area contributed by atoms with Gasteiger partial charge in [0.25, 0.3) is 5.69 Å². The van der Waals surface area contributed by atoms with E-state index in [0.29, 0.717) is 5.92 Å². The summed E-state index contributed by atoms with van der Waals surface area (Å²) in [4.78, 5) is 10.1. The zero-order valence-corrected chi connectivity index (χ0v) is 11.1. The quantitative estimate of drug-likeness (QED) is 0.596. The monoisotopic (exact) mass is 250 g/mol. The molecule has 0 aliphatic rings. The Morgan fingerprint density at radius 3 is 2.39 bits per heavy atom. The number of rotatable bonds is 7. The van der Waals surface area contributed by atoms with E-state index < -0.39 is 0 Å². The molecule has 2 N–H and O–H groups in total.